The molecule has 26 heavy (non-hydrogen) atoms. The van der Waals surface area contributed by atoms with Crippen LogP contribution in [-0.2, 0) is 0 Å². The van der Waals surface area contributed by atoms with Crippen molar-refractivity contribution in [3.05, 3.63) is 78.8 Å². The molecule has 0 aliphatic rings. The van der Waals surface area contributed by atoms with E-state index in [0.29, 0.717) is 0 Å². The molecule has 0 aliphatic heterocycles. The molecule has 6 aromatic rings. The number of aromatic amines is 1. The summed E-state index contributed by atoms with van der Waals surface area (Å²) in [7, 11) is 0. The number of pyridine rings is 1. The van der Waals surface area contributed by atoms with Gasteiger partial charge in [0.2, 0.25) is 0 Å². The van der Waals surface area contributed by atoms with E-state index in [0.717, 1.165) is 11.4 Å². The molecule has 0 radical (unpaired) electrons. The minimum atomic E-state index is 1.09. The van der Waals surface area contributed by atoms with E-state index in [2.05, 4.69) is 77.6 Å². The summed E-state index contributed by atoms with van der Waals surface area (Å²) in [5.41, 5.74) is 3.50. The van der Waals surface area contributed by atoms with E-state index >= 15 is 0 Å². The Kier molecular flexibility index (Phi) is 2.57. The van der Waals surface area contributed by atoms with Gasteiger partial charge in [-0.3, -0.25) is 4.98 Å². The maximum Gasteiger partial charge on any atom is 0.0460 e. The van der Waals surface area contributed by atoms with Crippen LogP contribution < -0.4 is 0 Å². The number of nitrogens with one attached hydrogen (secondary N) is 1. The van der Waals surface area contributed by atoms with E-state index in [9.17, 15) is 0 Å². The van der Waals surface area contributed by atoms with E-state index in [1.807, 2.05) is 12.4 Å². The van der Waals surface area contributed by atoms with Gasteiger partial charge in [-0.2, -0.15) is 0 Å². The first-order valence-corrected chi connectivity index (χ1v) is 8.91. The normalized spacial score (nSPS) is 12.0. The predicted octanol–water partition coefficient (Wildman–Crippen LogP) is 6.44. The summed E-state index contributed by atoms with van der Waals surface area (Å²) in [5, 5.41) is 10.4. The monoisotopic (exact) mass is 332 g/mol. The van der Waals surface area contributed by atoms with Crippen LogP contribution in [0.5, 0.6) is 0 Å². The third-order valence-corrected chi connectivity index (χ3v) is 5.59. The lowest BCUT2D eigenvalue weighted by Crippen LogP contribution is -1.90. The Balaban J connectivity index is 1.90. The second kappa shape index (κ2) is 4.83. The molecule has 6 rings (SSSR count). The number of nitrogens with zero attached hydrogens (tertiary/aromatic N) is 1. The lowest BCUT2D eigenvalue weighted by molar-refractivity contribution is 1.24. The number of aromatic nitrogens is 2. The van der Waals surface area contributed by atoms with E-state index in [1.165, 1.54) is 48.7 Å². The Morgan fingerprint density at radius 2 is 1.50 bits per heavy atom. The molecule has 122 valence electrons. The summed E-state index contributed by atoms with van der Waals surface area (Å²) in [6.07, 6.45) is 3.88. The van der Waals surface area contributed by atoms with E-state index < -0.39 is 0 Å². The molecule has 0 aliphatic carbocycles. The van der Waals surface area contributed by atoms with Gasteiger partial charge in [0.25, 0.3) is 0 Å². The van der Waals surface area contributed by atoms with Gasteiger partial charge < -0.3 is 4.98 Å². The van der Waals surface area contributed by atoms with Crippen molar-refractivity contribution in [2.24, 2.45) is 0 Å². The second-order valence-corrected chi connectivity index (χ2v) is 6.99. The molecule has 2 heterocycles. The summed E-state index contributed by atoms with van der Waals surface area (Å²) in [6, 6.07) is 22.1. The molecule has 0 amide bonds. The highest BCUT2D eigenvalue weighted by Gasteiger charge is 2.15. The fourth-order valence-electron chi connectivity index (χ4n) is 4.46. The summed E-state index contributed by atoms with van der Waals surface area (Å²) < 4.78 is 0. The van der Waals surface area contributed by atoms with Crippen molar-refractivity contribution in [2.75, 3.05) is 0 Å². The zero-order valence-corrected chi connectivity index (χ0v) is 14.4. The highest BCUT2D eigenvalue weighted by atomic mass is 14.7. The highest BCUT2D eigenvalue weighted by Crippen LogP contribution is 2.41. The third-order valence-electron chi connectivity index (χ3n) is 5.59. The van der Waals surface area contributed by atoms with E-state index in [4.69, 9.17) is 0 Å². The Labute approximate surface area is 150 Å². The lowest BCUT2D eigenvalue weighted by Gasteiger charge is -2.15. The number of benzene rings is 4. The molecule has 0 bridgehead atoms. The summed E-state index contributed by atoms with van der Waals surface area (Å²) in [5.74, 6) is 0. The van der Waals surface area contributed by atoms with Gasteiger partial charge in [-0.25, -0.2) is 0 Å². The van der Waals surface area contributed by atoms with Gasteiger partial charge in [0.15, 0.2) is 0 Å². The van der Waals surface area contributed by atoms with E-state index in [-0.39, 0.29) is 0 Å². The SMILES string of the molecule is Cc1nccc2cc3ccc4c(-c5ccc[nH]5)ccc5ccc(c12)c3c54. The topological polar surface area (TPSA) is 28.7 Å². The molecular formula is C24H16N2. The van der Waals surface area contributed by atoms with Crippen LogP contribution in [0.1, 0.15) is 5.69 Å². The molecule has 0 unspecified atom stereocenters. The maximum absolute atomic E-state index is 4.54. The lowest BCUT2D eigenvalue weighted by atomic mass is 9.88. The standard InChI is InChI=1S/C24H16N2/c1-14-22-17(10-12-25-14)13-16-6-8-19-18(21-3-2-11-26-21)7-4-15-5-9-20(22)24(16)23(15)19/h2-13,26H,1H3. The quantitative estimate of drug-likeness (QED) is 0.272. The van der Waals surface area contributed by atoms with Crippen LogP contribution in [0.2, 0.25) is 0 Å². The molecule has 4 aromatic carbocycles. The molecule has 2 heteroatoms. The van der Waals surface area contributed by atoms with Crippen molar-refractivity contribution in [3.63, 3.8) is 0 Å². The van der Waals surface area contributed by atoms with Gasteiger partial charge in [0, 0.05) is 34.7 Å². The minimum absolute atomic E-state index is 1.09. The van der Waals surface area contributed by atoms with Gasteiger partial charge >= 0.3 is 0 Å². The number of hydrogen-bond donors (Lipinski definition) is 1. The number of fused-ring (bicyclic) bond motifs is 2. The first-order valence-electron chi connectivity index (χ1n) is 8.91. The molecule has 0 atom stereocenters. The maximum atomic E-state index is 4.54. The molecule has 0 saturated heterocycles. The fraction of sp³-hybridized carbons (Fsp3) is 0.0417. The zero-order chi connectivity index (χ0) is 17.3. The smallest absolute Gasteiger partial charge is 0.0460 e. The molecule has 2 nitrogen and oxygen atoms in total. The average molecular weight is 332 g/mol. The number of H-pyrrole nitrogens is 1. The third kappa shape index (κ3) is 1.68. The Bertz CT molecular complexity index is 1430. The van der Waals surface area contributed by atoms with Crippen molar-refractivity contribution in [3.8, 4) is 11.3 Å². The average Bonchev–Trinajstić information content (AvgIpc) is 3.20. The summed E-state index contributed by atoms with van der Waals surface area (Å²) in [6.45, 7) is 2.10. The largest absolute Gasteiger partial charge is 0.361 e. The van der Waals surface area contributed by atoms with Gasteiger partial charge in [0.1, 0.15) is 0 Å². The number of hydrogen-bond acceptors (Lipinski definition) is 1. The molecule has 1 N–H and O–H groups in total. The second-order valence-electron chi connectivity index (χ2n) is 6.99. The van der Waals surface area contributed by atoms with Crippen molar-refractivity contribution >= 4 is 43.1 Å². The Hall–Kier alpha value is -3.39. The van der Waals surface area contributed by atoms with Crippen LogP contribution in [-0.4, -0.2) is 9.97 Å². The van der Waals surface area contributed by atoms with Crippen molar-refractivity contribution in [1.82, 2.24) is 9.97 Å². The van der Waals surface area contributed by atoms with Crippen LogP contribution in [0.25, 0.3) is 54.3 Å². The van der Waals surface area contributed by atoms with Gasteiger partial charge in [-0.15, -0.1) is 0 Å². The minimum Gasteiger partial charge on any atom is -0.361 e. The number of rotatable bonds is 1. The first-order chi connectivity index (χ1) is 12.8. The Morgan fingerprint density at radius 3 is 2.38 bits per heavy atom. The molecule has 0 saturated carbocycles. The van der Waals surface area contributed by atoms with Crippen LogP contribution >= 0.6 is 0 Å². The molecular weight excluding hydrogens is 316 g/mol. The highest BCUT2D eigenvalue weighted by molar-refractivity contribution is 6.30. The van der Waals surface area contributed by atoms with Gasteiger partial charge in [0.05, 0.1) is 0 Å². The van der Waals surface area contributed by atoms with Crippen molar-refractivity contribution < 1.29 is 0 Å². The zero-order valence-electron chi connectivity index (χ0n) is 14.4. The fourth-order valence-corrected chi connectivity index (χ4v) is 4.46. The molecule has 0 fully saturated rings. The van der Waals surface area contributed by atoms with Crippen LogP contribution in [0.4, 0.5) is 0 Å². The van der Waals surface area contributed by atoms with E-state index in [1.54, 1.807) is 0 Å². The molecule has 2 aromatic heterocycles. The van der Waals surface area contributed by atoms with Crippen LogP contribution in [0, 0.1) is 6.92 Å². The number of aryl methyl sites for hydroxylation is 1. The predicted molar refractivity (Wildman–Crippen MR) is 110 cm³/mol. The Morgan fingerprint density at radius 1 is 0.731 bits per heavy atom. The summed E-state index contributed by atoms with van der Waals surface area (Å²) >= 11 is 0. The van der Waals surface area contributed by atoms with Crippen LogP contribution in [0.15, 0.2) is 73.1 Å². The van der Waals surface area contributed by atoms with Crippen molar-refractivity contribution in [1.29, 1.82) is 0 Å². The summed E-state index contributed by atoms with van der Waals surface area (Å²) in [4.78, 5) is 7.90. The van der Waals surface area contributed by atoms with Crippen LogP contribution in [0.3, 0.4) is 0 Å². The molecule has 0 spiro atoms. The first kappa shape index (κ1) is 13.9. The van der Waals surface area contributed by atoms with Crippen molar-refractivity contribution in [2.45, 2.75) is 6.92 Å². The van der Waals surface area contributed by atoms with Gasteiger partial charge in [-0.1, -0.05) is 36.4 Å². The van der Waals surface area contributed by atoms with Gasteiger partial charge in [-0.05, 0) is 68.9 Å².